The largest absolute Gasteiger partial charge is 0.376 e. The van der Waals surface area contributed by atoms with Crippen LogP contribution in [0.3, 0.4) is 0 Å². The average molecular weight is 333 g/mol. The van der Waals surface area contributed by atoms with Gasteiger partial charge in [-0.3, -0.25) is 4.79 Å². The number of anilines is 1. The zero-order valence-electron chi connectivity index (χ0n) is 13.8. The van der Waals surface area contributed by atoms with Gasteiger partial charge in [-0.15, -0.1) is 0 Å². The van der Waals surface area contributed by atoms with E-state index < -0.39 is 0 Å². The van der Waals surface area contributed by atoms with Crippen LogP contribution in [0.2, 0.25) is 0 Å². The molecule has 1 fully saturated rings. The van der Waals surface area contributed by atoms with E-state index in [1.54, 1.807) is 6.07 Å². The van der Waals surface area contributed by atoms with Crippen LogP contribution in [0.1, 0.15) is 40.5 Å². The third-order valence-corrected chi connectivity index (χ3v) is 4.78. The number of hydrogen-bond acceptors (Lipinski definition) is 4. The molecule has 0 spiro atoms. The lowest BCUT2D eigenvalue weighted by Gasteiger charge is -2.39. The minimum atomic E-state index is -0.306. The van der Waals surface area contributed by atoms with Crippen LogP contribution in [0, 0.1) is 11.3 Å². The van der Waals surface area contributed by atoms with Crippen LogP contribution >= 0.6 is 0 Å². The topological polar surface area (TPSA) is 65.4 Å². The van der Waals surface area contributed by atoms with Gasteiger partial charge in [-0.05, 0) is 42.7 Å². The molecule has 0 radical (unpaired) electrons. The lowest BCUT2D eigenvalue weighted by molar-refractivity contribution is 0.0427. The van der Waals surface area contributed by atoms with Crippen molar-refractivity contribution in [3.63, 3.8) is 0 Å². The predicted octanol–water partition coefficient (Wildman–Crippen LogP) is 3.30. The summed E-state index contributed by atoms with van der Waals surface area (Å²) in [4.78, 5) is 14.9. The first kappa shape index (κ1) is 15.7. The zero-order chi connectivity index (χ0) is 17.2. The summed E-state index contributed by atoms with van der Waals surface area (Å²) in [6.45, 7) is 1.30. The summed E-state index contributed by atoms with van der Waals surface area (Å²) in [7, 11) is 0. The first-order chi connectivity index (χ1) is 12.3. The van der Waals surface area contributed by atoms with Crippen molar-refractivity contribution in [2.24, 2.45) is 0 Å². The van der Waals surface area contributed by atoms with Crippen LogP contribution in [0.5, 0.6) is 0 Å². The van der Waals surface area contributed by atoms with Gasteiger partial charge in [0.2, 0.25) is 0 Å². The summed E-state index contributed by atoms with van der Waals surface area (Å²) in [5, 5.41) is 12.7. The number of rotatable bonds is 3. The van der Waals surface area contributed by atoms with E-state index in [1.165, 1.54) is 0 Å². The van der Waals surface area contributed by atoms with Gasteiger partial charge in [0.05, 0.1) is 23.3 Å². The van der Waals surface area contributed by atoms with Gasteiger partial charge in [0.1, 0.15) is 6.17 Å². The minimum Gasteiger partial charge on any atom is -0.376 e. The van der Waals surface area contributed by atoms with Gasteiger partial charge in [0.25, 0.3) is 5.91 Å². The second-order valence-electron chi connectivity index (χ2n) is 6.42. The molecule has 2 heterocycles. The Kier molecular flexibility index (Phi) is 4.12. The Bertz CT molecular complexity index is 837. The molecule has 1 N–H and O–H groups in total. The van der Waals surface area contributed by atoms with E-state index in [2.05, 4.69) is 11.4 Å². The van der Waals surface area contributed by atoms with E-state index in [9.17, 15) is 10.1 Å². The van der Waals surface area contributed by atoms with Crippen molar-refractivity contribution in [1.82, 2.24) is 4.90 Å². The molecular weight excluding hydrogens is 314 g/mol. The Morgan fingerprint density at radius 2 is 2.12 bits per heavy atom. The fraction of sp³-hybridized carbons (Fsp3) is 0.300. The van der Waals surface area contributed by atoms with Gasteiger partial charge in [-0.1, -0.05) is 24.3 Å². The monoisotopic (exact) mass is 333 g/mol. The molecule has 2 aromatic carbocycles. The number of carbonyl (C=O) groups is 1. The molecule has 1 saturated heterocycles. The Morgan fingerprint density at radius 3 is 2.92 bits per heavy atom. The van der Waals surface area contributed by atoms with Crippen LogP contribution in [-0.2, 0) is 4.74 Å². The maximum atomic E-state index is 13.1. The van der Waals surface area contributed by atoms with E-state index in [-0.39, 0.29) is 18.2 Å². The summed E-state index contributed by atoms with van der Waals surface area (Å²) >= 11 is 0. The highest BCUT2D eigenvalue weighted by Crippen LogP contribution is 2.34. The van der Waals surface area contributed by atoms with Crippen molar-refractivity contribution in [2.75, 3.05) is 18.5 Å². The van der Waals surface area contributed by atoms with E-state index >= 15 is 0 Å². The molecule has 0 saturated carbocycles. The number of amides is 1. The number of nitriles is 1. The number of nitrogens with one attached hydrogen (secondary N) is 1. The zero-order valence-corrected chi connectivity index (χ0v) is 13.8. The third-order valence-electron chi connectivity index (χ3n) is 4.78. The average Bonchev–Trinajstić information content (AvgIpc) is 3.17. The van der Waals surface area contributed by atoms with Crippen molar-refractivity contribution >= 4 is 11.6 Å². The van der Waals surface area contributed by atoms with Gasteiger partial charge < -0.3 is 15.0 Å². The normalized spacial score (nSPS) is 22.2. The van der Waals surface area contributed by atoms with Crippen molar-refractivity contribution < 1.29 is 9.53 Å². The van der Waals surface area contributed by atoms with E-state index in [1.807, 2.05) is 47.4 Å². The number of nitrogens with zero attached hydrogens (tertiary/aromatic N) is 2. The molecule has 126 valence electrons. The number of para-hydroxylation sites is 1. The van der Waals surface area contributed by atoms with Crippen molar-refractivity contribution in [2.45, 2.75) is 25.1 Å². The lowest BCUT2D eigenvalue weighted by Crippen LogP contribution is -2.46. The summed E-state index contributed by atoms with van der Waals surface area (Å²) in [6.07, 6.45) is 1.76. The molecule has 2 aliphatic rings. The van der Waals surface area contributed by atoms with Crippen LogP contribution in [-0.4, -0.2) is 30.1 Å². The number of ether oxygens (including phenoxy) is 1. The SMILES string of the molecule is N#Cc1cccc([C@H]2Nc3ccccc3C(=O)N2C[C@@H]2CCCO2)c1. The molecule has 25 heavy (non-hydrogen) atoms. The Balaban J connectivity index is 1.73. The molecule has 1 amide bonds. The van der Waals surface area contributed by atoms with E-state index in [4.69, 9.17) is 4.74 Å². The Labute approximate surface area is 146 Å². The summed E-state index contributed by atoms with van der Waals surface area (Å²) in [5.74, 6) is -0.00258. The second-order valence-corrected chi connectivity index (χ2v) is 6.42. The molecule has 4 rings (SSSR count). The maximum Gasteiger partial charge on any atom is 0.257 e. The van der Waals surface area contributed by atoms with E-state index in [0.29, 0.717) is 17.7 Å². The molecular formula is C20H19N3O2. The summed E-state index contributed by atoms with van der Waals surface area (Å²) in [5.41, 5.74) is 2.99. The molecule has 2 atom stereocenters. The molecule has 5 nitrogen and oxygen atoms in total. The van der Waals surface area contributed by atoms with Gasteiger partial charge in [0, 0.05) is 18.8 Å². The van der Waals surface area contributed by atoms with Gasteiger partial charge in [-0.2, -0.15) is 5.26 Å². The highest BCUT2D eigenvalue weighted by Gasteiger charge is 2.35. The number of fused-ring (bicyclic) bond motifs is 1. The third kappa shape index (κ3) is 2.97. The van der Waals surface area contributed by atoms with Crippen molar-refractivity contribution in [3.8, 4) is 6.07 Å². The van der Waals surface area contributed by atoms with Crippen LogP contribution in [0.15, 0.2) is 48.5 Å². The fourth-order valence-electron chi connectivity index (χ4n) is 3.53. The summed E-state index contributed by atoms with van der Waals surface area (Å²) in [6, 6.07) is 17.1. The number of carbonyl (C=O) groups excluding carboxylic acids is 1. The molecule has 0 aromatic heterocycles. The van der Waals surface area contributed by atoms with Crippen LogP contribution < -0.4 is 5.32 Å². The maximum absolute atomic E-state index is 13.1. The standard InChI is InChI=1S/C20H19N3O2/c21-12-14-5-3-6-15(11-14)19-22-18-9-2-1-8-17(18)20(24)23(19)13-16-7-4-10-25-16/h1-3,5-6,8-9,11,16,19,22H,4,7,10,13H2/t16-,19-/m0/s1. The highest BCUT2D eigenvalue weighted by atomic mass is 16.5. The molecule has 5 heteroatoms. The molecule has 2 aliphatic heterocycles. The quantitative estimate of drug-likeness (QED) is 0.936. The van der Waals surface area contributed by atoms with Gasteiger partial charge >= 0.3 is 0 Å². The van der Waals surface area contributed by atoms with Crippen molar-refractivity contribution in [1.29, 1.82) is 5.26 Å². The first-order valence-corrected chi connectivity index (χ1v) is 8.54. The number of hydrogen-bond donors (Lipinski definition) is 1. The van der Waals surface area contributed by atoms with Crippen molar-refractivity contribution in [3.05, 3.63) is 65.2 Å². The first-order valence-electron chi connectivity index (χ1n) is 8.54. The van der Waals surface area contributed by atoms with Crippen LogP contribution in [0.25, 0.3) is 0 Å². The second kappa shape index (κ2) is 6.58. The fourth-order valence-corrected chi connectivity index (χ4v) is 3.53. The Morgan fingerprint density at radius 1 is 1.24 bits per heavy atom. The highest BCUT2D eigenvalue weighted by molar-refractivity contribution is 6.01. The molecule has 0 aliphatic carbocycles. The molecule has 0 unspecified atom stereocenters. The smallest absolute Gasteiger partial charge is 0.257 e. The van der Waals surface area contributed by atoms with E-state index in [0.717, 1.165) is 30.7 Å². The summed E-state index contributed by atoms with van der Waals surface area (Å²) < 4.78 is 5.75. The number of benzene rings is 2. The van der Waals surface area contributed by atoms with Gasteiger partial charge in [0.15, 0.2) is 0 Å². The molecule has 0 bridgehead atoms. The Hall–Kier alpha value is -2.84. The minimum absolute atomic E-state index is 0.00258. The predicted molar refractivity (Wildman–Crippen MR) is 94.0 cm³/mol. The molecule has 2 aromatic rings. The van der Waals surface area contributed by atoms with Gasteiger partial charge in [-0.25, -0.2) is 0 Å². The lowest BCUT2D eigenvalue weighted by atomic mass is 10.0. The van der Waals surface area contributed by atoms with Crippen LogP contribution in [0.4, 0.5) is 5.69 Å².